The Morgan fingerprint density at radius 1 is 1.23 bits per heavy atom. The fourth-order valence-corrected chi connectivity index (χ4v) is 3.48. The molecule has 3 aromatic rings. The summed E-state index contributed by atoms with van der Waals surface area (Å²) in [5.41, 5.74) is 3.55. The van der Waals surface area contributed by atoms with Crippen LogP contribution in [0.15, 0.2) is 40.8 Å². The summed E-state index contributed by atoms with van der Waals surface area (Å²) in [5, 5.41) is 11.3. The lowest BCUT2D eigenvalue weighted by molar-refractivity contribution is 0.799. The highest BCUT2D eigenvalue weighted by atomic mass is 127. The molecule has 0 bridgehead atoms. The third kappa shape index (κ3) is 5.44. The number of H-pyrrole nitrogens is 1. The maximum Gasteiger partial charge on any atom is 0.191 e. The Morgan fingerprint density at radius 3 is 2.85 bits per heavy atom. The van der Waals surface area contributed by atoms with Gasteiger partial charge in [-0.1, -0.05) is 25.1 Å². The van der Waals surface area contributed by atoms with E-state index in [1.54, 1.807) is 11.3 Å². The van der Waals surface area contributed by atoms with Gasteiger partial charge in [-0.25, -0.2) is 9.98 Å². The molecule has 140 valence electrons. The number of aromatic amines is 1. The Hall–Kier alpha value is -1.61. The Balaban J connectivity index is 0.00000243. The van der Waals surface area contributed by atoms with Crippen LogP contribution in [0.3, 0.4) is 0 Å². The summed E-state index contributed by atoms with van der Waals surface area (Å²) in [4.78, 5) is 12.5. The van der Waals surface area contributed by atoms with Crippen LogP contribution in [-0.4, -0.2) is 29.0 Å². The van der Waals surface area contributed by atoms with E-state index in [9.17, 15) is 0 Å². The van der Waals surface area contributed by atoms with Crippen LogP contribution in [0.5, 0.6) is 0 Å². The standard InChI is InChI=1S/C19H25N5S.HI/c1-3-18-24-15(13-25-18)12-23-19(20-4-2)21-10-9-14-11-22-17-8-6-5-7-16(14)17;/h5-8,11,13,22H,3-4,9-10,12H2,1-2H3,(H2,20,21,23);1H. The zero-order chi connectivity index (χ0) is 17.5. The lowest BCUT2D eigenvalue weighted by atomic mass is 10.1. The van der Waals surface area contributed by atoms with Crippen molar-refractivity contribution in [2.75, 3.05) is 13.1 Å². The number of hydrogen-bond donors (Lipinski definition) is 3. The number of guanidine groups is 1. The van der Waals surface area contributed by atoms with Crippen LogP contribution in [0.1, 0.15) is 30.1 Å². The summed E-state index contributed by atoms with van der Waals surface area (Å²) >= 11 is 1.71. The van der Waals surface area contributed by atoms with Crippen LogP contribution >= 0.6 is 35.3 Å². The lowest BCUT2D eigenvalue weighted by Crippen LogP contribution is -2.38. The molecule has 0 spiro atoms. The Labute approximate surface area is 175 Å². The van der Waals surface area contributed by atoms with Gasteiger partial charge in [0.05, 0.1) is 17.2 Å². The van der Waals surface area contributed by atoms with Crippen molar-refractivity contribution in [1.29, 1.82) is 0 Å². The topological polar surface area (TPSA) is 65.1 Å². The molecular weight excluding hydrogens is 457 g/mol. The molecule has 0 radical (unpaired) electrons. The summed E-state index contributed by atoms with van der Waals surface area (Å²) in [6, 6.07) is 8.40. The van der Waals surface area contributed by atoms with E-state index < -0.39 is 0 Å². The Kier molecular flexibility index (Phi) is 8.37. The first-order valence-electron chi connectivity index (χ1n) is 8.80. The minimum absolute atomic E-state index is 0. The summed E-state index contributed by atoms with van der Waals surface area (Å²) in [7, 11) is 0. The molecule has 0 aliphatic carbocycles. The SMILES string of the molecule is CCNC(=NCc1csc(CC)n1)NCCc1c[nH]c2ccccc12.I. The van der Waals surface area contributed by atoms with Crippen molar-refractivity contribution in [3.63, 3.8) is 0 Å². The van der Waals surface area contributed by atoms with Gasteiger partial charge in [-0.3, -0.25) is 0 Å². The third-order valence-corrected chi connectivity index (χ3v) is 5.05. The molecule has 0 aliphatic rings. The number of nitrogens with one attached hydrogen (secondary N) is 3. The van der Waals surface area contributed by atoms with Crippen molar-refractivity contribution in [2.45, 2.75) is 33.2 Å². The molecule has 0 saturated carbocycles. The number of para-hydroxylation sites is 1. The first kappa shape index (κ1) is 20.7. The van der Waals surface area contributed by atoms with Gasteiger partial charge >= 0.3 is 0 Å². The maximum atomic E-state index is 4.64. The van der Waals surface area contributed by atoms with Gasteiger partial charge in [0.1, 0.15) is 0 Å². The van der Waals surface area contributed by atoms with E-state index >= 15 is 0 Å². The first-order chi connectivity index (χ1) is 12.3. The number of rotatable bonds is 7. The number of thiazole rings is 1. The molecule has 0 unspecified atom stereocenters. The van der Waals surface area contributed by atoms with Crippen molar-refractivity contribution in [3.8, 4) is 0 Å². The number of halogens is 1. The minimum Gasteiger partial charge on any atom is -0.361 e. The number of aryl methyl sites for hydroxylation is 1. The molecule has 2 heterocycles. The molecule has 26 heavy (non-hydrogen) atoms. The number of fused-ring (bicyclic) bond motifs is 1. The molecule has 0 saturated heterocycles. The molecule has 0 fully saturated rings. The van der Waals surface area contributed by atoms with E-state index in [0.717, 1.165) is 37.6 Å². The van der Waals surface area contributed by atoms with Crippen LogP contribution in [0, 0.1) is 0 Å². The first-order valence-corrected chi connectivity index (χ1v) is 9.68. The second-order valence-corrected chi connectivity index (χ2v) is 6.76. The fraction of sp³-hybridized carbons (Fsp3) is 0.368. The van der Waals surface area contributed by atoms with Crippen molar-refractivity contribution < 1.29 is 0 Å². The Morgan fingerprint density at radius 2 is 2.08 bits per heavy atom. The third-order valence-electron chi connectivity index (χ3n) is 4.01. The number of benzene rings is 1. The van der Waals surface area contributed by atoms with Crippen LogP contribution in [0.4, 0.5) is 0 Å². The molecular formula is C19H26IN5S. The zero-order valence-corrected chi connectivity index (χ0v) is 18.4. The maximum absolute atomic E-state index is 4.64. The van der Waals surface area contributed by atoms with Crippen LogP contribution < -0.4 is 10.6 Å². The lowest BCUT2D eigenvalue weighted by Gasteiger charge is -2.10. The smallest absolute Gasteiger partial charge is 0.191 e. The molecule has 0 amide bonds. The average Bonchev–Trinajstić information content (AvgIpc) is 3.26. The second kappa shape index (κ2) is 10.5. The average molecular weight is 483 g/mol. The van der Waals surface area contributed by atoms with E-state index in [0.29, 0.717) is 6.54 Å². The fourth-order valence-electron chi connectivity index (χ4n) is 2.74. The minimum atomic E-state index is 0. The number of aliphatic imine (C=N–C) groups is 1. The number of hydrogen-bond acceptors (Lipinski definition) is 3. The van der Waals surface area contributed by atoms with Crippen molar-refractivity contribution in [2.24, 2.45) is 4.99 Å². The molecule has 7 heteroatoms. The van der Waals surface area contributed by atoms with Gasteiger partial charge in [-0.15, -0.1) is 35.3 Å². The van der Waals surface area contributed by atoms with Crippen LogP contribution in [0.25, 0.3) is 10.9 Å². The molecule has 3 N–H and O–H groups in total. The van der Waals surface area contributed by atoms with Gasteiger partial charge in [-0.2, -0.15) is 0 Å². The quantitative estimate of drug-likeness (QED) is 0.269. The predicted molar refractivity (Wildman–Crippen MR) is 122 cm³/mol. The van der Waals surface area contributed by atoms with E-state index in [1.165, 1.54) is 21.5 Å². The van der Waals surface area contributed by atoms with Crippen molar-refractivity contribution in [3.05, 3.63) is 52.1 Å². The summed E-state index contributed by atoms with van der Waals surface area (Å²) < 4.78 is 0. The molecule has 0 aliphatic heterocycles. The van der Waals surface area contributed by atoms with Crippen LogP contribution in [0.2, 0.25) is 0 Å². The highest BCUT2D eigenvalue weighted by Gasteiger charge is 2.04. The second-order valence-electron chi connectivity index (χ2n) is 5.82. The van der Waals surface area contributed by atoms with Gasteiger partial charge in [0.25, 0.3) is 0 Å². The number of aromatic nitrogens is 2. The van der Waals surface area contributed by atoms with Crippen molar-refractivity contribution in [1.82, 2.24) is 20.6 Å². The van der Waals surface area contributed by atoms with Gasteiger partial charge < -0.3 is 15.6 Å². The van der Waals surface area contributed by atoms with Gasteiger partial charge in [-0.05, 0) is 31.4 Å². The van der Waals surface area contributed by atoms with E-state index in [1.807, 2.05) is 0 Å². The molecule has 0 atom stereocenters. The molecule has 5 nitrogen and oxygen atoms in total. The van der Waals surface area contributed by atoms with Gasteiger partial charge in [0.2, 0.25) is 0 Å². The normalized spacial score (nSPS) is 11.4. The van der Waals surface area contributed by atoms with Crippen LogP contribution in [-0.2, 0) is 19.4 Å². The van der Waals surface area contributed by atoms with E-state index in [4.69, 9.17) is 0 Å². The Bertz CT molecular complexity index is 839. The van der Waals surface area contributed by atoms with Crippen molar-refractivity contribution >= 4 is 52.2 Å². The molecule has 2 aromatic heterocycles. The van der Waals surface area contributed by atoms with Gasteiger partial charge in [0, 0.05) is 35.6 Å². The molecule has 1 aromatic carbocycles. The summed E-state index contributed by atoms with van der Waals surface area (Å²) in [6.07, 6.45) is 4.03. The monoisotopic (exact) mass is 483 g/mol. The van der Waals surface area contributed by atoms with E-state index in [-0.39, 0.29) is 24.0 Å². The van der Waals surface area contributed by atoms with Gasteiger partial charge in [0.15, 0.2) is 5.96 Å². The number of nitrogens with zero attached hydrogens (tertiary/aromatic N) is 2. The highest BCUT2D eigenvalue weighted by Crippen LogP contribution is 2.17. The zero-order valence-electron chi connectivity index (χ0n) is 15.2. The predicted octanol–water partition coefficient (Wildman–Crippen LogP) is 4.10. The largest absolute Gasteiger partial charge is 0.361 e. The highest BCUT2D eigenvalue weighted by molar-refractivity contribution is 14.0. The summed E-state index contributed by atoms with van der Waals surface area (Å²) in [5.74, 6) is 0.841. The molecule has 3 rings (SSSR count). The summed E-state index contributed by atoms with van der Waals surface area (Å²) in [6.45, 7) is 6.50. The van der Waals surface area contributed by atoms with E-state index in [2.05, 4.69) is 75.3 Å².